The predicted octanol–water partition coefficient (Wildman–Crippen LogP) is 7.27. The molecule has 214 valence electrons. The van der Waals surface area contributed by atoms with Gasteiger partial charge in [0, 0.05) is 17.7 Å². The van der Waals surface area contributed by atoms with Gasteiger partial charge in [-0.25, -0.2) is 4.98 Å². The SMILES string of the molecule is CC(C)c1ccccc1N1C(=O)CS/C1=N\N=C/c1ccc2c(c1)CCn1c(-c3ccc(OC(F)(F)F)cc3)cnc1-2. The Morgan fingerprint density at radius 2 is 1.86 bits per heavy atom. The Morgan fingerprint density at radius 3 is 2.62 bits per heavy atom. The highest BCUT2D eigenvalue weighted by Gasteiger charge is 2.32. The van der Waals surface area contributed by atoms with Crippen molar-refractivity contribution in [1.82, 2.24) is 9.55 Å². The topological polar surface area (TPSA) is 72.1 Å². The molecule has 1 saturated heterocycles. The number of amides is 1. The number of thioether (sulfide) groups is 1. The number of nitrogens with zero attached hydrogens (tertiary/aromatic N) is 5. The summed E-state index contributed by atoms with van der Waals surface area (Å²) in [5, 5.41) is 9.28. The third-order valence-corrected chi connectivity index (χ3v) is 8.04. The number of carbonyl (C=O) groups is 1. The molecule has 1 amide bonds. The van der Waals surface area contributed by atoms with Gasteiger partial charge in [-0.2, -0.15) is 5.10 Å². The Morgan fingerprint density at radius 1 is 1.07 bits per heavy atom. The van der Waals surface area contributed by atoms with E-state index in [0.29, 0.717) is 17.5 Å². The fourth-order valence-corrected chi connectivity index (χ4v) is 6.04. The number of aromatic nitrogens is 2. The van der Waals surface area contributed by atoms with Gasteiger partial charge < -0.3 is 9.30 Å². The average molecular weight is 590 g/mol. The second-order valence-electron chi connectivity index (χ2n) is 10.2. The summed E-state index contributed by atoms with van der Waals surface area (Å²) >= 11 is 1.37. The van der Waals surface area contributed by atoms with Crippen molar-refractivity contribution >= 4 is 34.7 Å². The lowest BCUT2D eigenvalue weighted by Gasteiger charge is -2.21. The molecule has 2 aliphatic rings. The van der Waals surface area contributed by atoms with Crippen LogP contribution in [0.4, 0.5) is 18.9 Å². The maximum Gasteiger partial charge on any atom is 0.573 e. The van der Waals surface area contributed by atoms with E-state index in [9.17, 15) is 18.0 Å². The minimum absolute atomic E-state index is 0.0173. The Balaban J connectivity index is 1.21. The fraction of sp³-hybridized carbons (Fsp3) is 0.226. The van der Waals surface area contributed by atoms with Crippen LogP contribution in [0.3, 0.4) is 0 Å². The van der Waals surface area contributed by atoms with Crippen molar-refractivity contribution in [3.05, 3.63) is 89.6 Å². The van der Waals surface area contributed by atoms with Crippen LogP contribution < -0.4 is 9.64 Å². The zero-order valence-corrected chi connectivity index (χ0v) is 23.6. The molecule has 0 atom stereocenters. The van der Waals surface area contributed by atoms with Crippen LogP contribution in [0.5, 0.6) is 5.75 Å². The second kappa shape index (κ2) is 11.1. The number of fused-ring (bicyclic) bond motifs is 3. The Hall–Kier alpha value is -4.38. The maximum atomic E-state index is 12.7. The number of halogens is 3. The van der Waals surface area contributed by atoms with Gasteiger partial charge in [-0.1, -0.05) is 55.9 Å². The number of ether oxygens (including phenoxy) is 1. The second-order valence-corrected chi connectivity index (χ2v) is 11.2. The number of anilines is 1. The number of aryl methyl sites for hydroxylation is 1. The number of carbonyl (C=O) groups excluding carboxylic acids is 1. The fourth-order valence-electron chi connectivity index (χ4n) is 5.22. The van der Waals surface area contributed by atoms with E-state index in [1.54, 1.807) is 29.4 Å². The lowest BCUT2D eigenvalue weighted by atomic mass is 9.98. The van der Waals surface area contributed by atoms with Gasteiger partial charge in [0.05, 0.1) is 29.5 Å². The summed E-state index contributed by atoms with van der Waals surface area (Å²) in [6, 6.07) is 19.6. The highest BCUT2D eigenvalue weighted by Crippen LogP contribution is 2.35. The highest BCUT2D eigenvalue weighted by molar-refractivity contribution is 8.15. The summed E-state index contributed by atoms with van der Waals surface area (Å²) in [6.07, 6.45) is -0.563. The molecule has 1 aromatic heterocycles. The molecular weight excluding hydrogens is 563 g/mol. The van der Waals surface area contributed by atoms with Gasteiger partial charge in [-0.05, 0) is 65.4 Å². The Kier molecular flexibility index (Phi) is 7.36. The van der Waals surface area contributed by atoms with Crippen LogP contribution in [0.2, 0.25) is 0 Å². The van der Waals surface area contributed by atoms with E-state index in [2.05, 4.69) is 44.4 Å². The molecule has 0 bridgehead atoms. The minimum atomic E-state index is -4.73. The van der Waals surface area contributed by atoms with Crippen molar-refractivity contribution in [2.45, 2.75) is 39.1 Å². The quantitative estimate of drug-likeness (QED) is 0.175. The van der Waals surface area contributed by atoms with Crippen LogP contribution in [-0.4, -0.2) is 39.0 Å². The smallest absolute Gasteiger partial charge is 0.406 e. The minimum Gasteiger partial charge on any atom is -0.406 e. The summed E-state index contributed by atoms with van der Waals surface area (Å²) in [5.74, 6) is 1.09. The first kappa shape index (κ1) is 27.8. The standard InChI is InChI=1S/C31H26F3N5O2S/c1-19(2)24-5-3-4-6-26(24)39-28(40)18-42-30(39)37-36-16-20-7-12-25-22(15-20)13-14-38-27(17-35-29(25)38)21-8-10-23(11-9-21)41-31(32,33)34/h3-12,15-17,19H,13-14,18H2,1-2H3/b36-16-,37-30-. The van der Waals surface area contributed by atoms with E-state index in [0.717, 1.165) is 51.4 Å². The van der Waals surface area contributed by atoms with E-state index >= 15 is 0 Å². The van der Waals surface area contributed by atoms with Crippen molar-refractivity contribution < 1.29 is 22.7 Å². The monoisotopic (exact) mass is 589 g/mol. The number of hydrogen-bond acceptors (Lipinski definition) is 6. The molecule has 2 aliphatic heterocycles. The van der Waals surface area contributed by atoms with Gasteiger partial charge in [-0.15, -0.1) is 18.3 Å². The first-order valence-corrected chi connectivity index (χ1v) is 14.4. The number of imidazole rings is 1. The molecule has 1 fully saturated rings. The van der Waals surface area contributed by atoms with Gasteiger partial charge in [0.15, 0.2) is 5.17 Å². The summed E-state index contributed by atoms with van der Waals surface area (Å²) < 4.78 is 43.6. The molecule has 0 aliphatic carbocycles. The van der Waals surface area contributed by atoms with Crippen molar-refractivity contribution in [3.63, 3.8) is 0 Å². The van der Waals surface area contributed by atoms with Gasteiger partial charge >= 0.3 is 6.36 Å². The molecule has 6 rings (SSSR count). The number of amidine groups is 1. The molecule has 0 unspecified atom stereocenters. The number of para-hydroxylation sites is 1. The highest BCUT2D eigenvalue weighted by atomic mass is 32.2. The molecular formula is C31H26F3N5O2S. The summed E-state index contributed by atoms with van der Waals surface area (Å²) in [7, 11) is 0. The largest absolute Gasteiger partial charge is 0.573 e. The summed E-state index contributed by atoms with van der Waals surface area (Å²) in [6.45, 7) is 4.86. The van der Waals surface area contributed by atoms with E-state index in [1.807, 2.05) is 36.4 Å². The van der Waals surface area contributed by atoms with Crippen LogP contribution in [-0.2, 0) is 17.8 Å². The number of hydrogen-bond donors (Lipinski definition) is 0. The van der Waals surface area contributed by atoms with Gasteiger partial charge in [0.2, 0.25) is 5.91 Å². The van der Waals surface area contributed by atoms with E-state index < -0.39 is 6.36 Å². The number of alkyl halides is 3. The zero-order valence-electron chi connectivity index (χ0n) is 22.8. The van der Waals surface area contributed by atoms with E-state index in [-0.39, 0.29) is 17.6 Å². The molecule has 0 N–H and O–H groups in total. The first-order valence-electron chi connectivity index (χ1n) is 13.4. The molecule has 11 heteroatoms. The molecule has 4 aromatic rings. The third kappa shape index (κ3) is 5.56. The van der Waals surface area contributed by atoms with Crippen LogP contribution in [0.25, 0.3) is 22.6 Å². The maximum absolute atomic E-state index is 12.7. The lowest BCUT2D eigenvalue weighted by Crippen LogP contribution is -2.30. The first-order chi connectivity index (χ1) is 20.2. The van der Waals surface area contributed by atoms with Crippen LogP contribution >= 0.6 is 11.8 Å². The summed E-state index contributed by atoms with van der Waals surface area (Å²) in [5.41, 5.74) is 6.47. The average Bonchev–Trinajstić information content (AvgIpc) is 3.56. The van der Waals surface area contributed by atoms with Crippen molar-refractivity contribution in [2.75, 3.05) is 10.7 Å². The molecule has 3 aromatic carbocycles. The Bertz CT molecular complexity index is 1710. The molecule has 0 radical (unpaired) electrons. The van der Waals surface area contributed by atoms with Gasteiger partial charge in [0.1, 0.15) is 11.6 Å². The number of benzene rings is 3. The van der Waals surface area contributed by atoms with E-state index in [4.69, 9.17) is 0 Å². The Labute approximate surface area is 244 Å². The molecule has 0 saturated carbocycles. The lowest BCUT2D eigenvalue weighted by molar-refractivity contribution is -0.274. The number of rotatable bonds is 6. The molecule has 7 nitrogen and oxygen atoms in total. The van der Waals surface area contributed by atoms with E-state index in [1.165, 1.54) is 23.9 Å². The van der Waals surface area contributed by atoms with Crippen LogP contribution in [0.15, 0.2) is 83.1 Å². The third-order valence-electron chi connectivity index (χ3n) is 7.13. The molecule has 0 spiro atoms. The van der Waals surface area contributed by atoms with Crippen molar-refractivity contribution in [3.8, 4) is 28.4 Å². The van der Waals surface area contributed by atoms with Gasteiger partial charge in [-0.3, -0.25) is 9.69 Å². The molecule has 3 heterocycles. The van der Waals surface area contributed by atoms with Crippen LogP contribution in [0, 0.1) is 0 Å². The molecule has 42 heavy (non-hydrogen) atoms. The predicted molar refractivity (Wildman–Crippen MR) is 159 cm³/mol. The summed E-state index contributed by atoms with van der Waals surface area (Å²) in [4.78, 5) is 19.0. The normalized spacial score (nSPS) is 16.0. The van der Waals surface area contributed by atoms with Crippen molar-refractivity contribution in [1.29, 1.82) is 0 Å². The van der Waals surface area contributed by atoms with Crippen molar-refractivity contribution in [2.24, 2.45) is 10.2 Å². The zero-order chi connectivity index (χ0) is 29.4. The van der Waals surface area contributed by atoms with Gasteiger partial charge in [0.25, 0.3) is 0 Å². The van der Waals surface area contributed by atoms with Crippen LogP contribution in [0.1, 0.15) is 36.5 Å².